The lowest BCUT2D eigenvalue weighted by Gasteiger charge is -2.07. The molecule has 0 atom stereocenters. The van der Waals surface area contributed by atoms with Gasteiger partial charge in [-0.25, -0.2) is 0 Å². The third-order valence-corrected chi connectivity index (χ3v) is 10.6. The minimum Gasteiger partial charge on any atom is -0.497 e. The zero-order valence-corrected chi connectivity index (χ0v) is 40.7. The Morgan fingerprint density at radius 2 is 0.690 bits per heavy atom. The van der Waals surface area contributed by atoms with Gasteiger partial charge in [0, 0.05) is 33.2 Å². The lowest BCUT2D eigenvalue weighted by molar-refractivity contribution is 0.100. The van der Waals surface area contributed by atoms with Crippen molar-refractivity contribution in [3.8, 4) is 39.9 Å². The molecule has 0 radical (unpaired) electrons. The average molecular weight is 959 g/mol. The lowest BCUT2D eigenvalue weighted by Crippen LogP contribution is -1.94. The minimum absolute atomic E-state index is 0. The van der Waals surface area contributed by atoms with E-state index in [9.17, 15) is 24.0 Å². The van der Waals surface area contributed by atoms with Crippen molar-refractivity contribution in [2.75, 3.05) is 35.5 Å². The van der Waals surface area contributed by atoms with E-state index in [0.717, 1.165) is 78.1 Å². The van der Waals surface area contributed by atoms with E-state index in [0.29, 0.717) is 11.1 Å². The summed E-state index contributed by atoms with van der Waals surface area (Å²) in [5.41, 5.74) is 5.83. The van der Waals surface area contributed by atoms with Gasteiger partial charge in [0.05, 0.1) is 35.5 Å². The van der Waals surface area contributed by atoms with Gasteiger partial charge < -0.3 is 23.7 Å². The van der Waals surface area contributed by atoms with Crippen LogP contribution in [0.2, 0.25) is 0 Å². The van der Waals surface area contributed by atoms with Crippen molar-refractivity contribution < 1.29 is 47.7 Å². The van der Waals surface area contributed by atoms with Gasteiger partial charge in [0.15, 0.2) is 28.9 Å². The zero-order chi connectivity index (χ0) is 50.5. The van der Waals surface area contributed by atoms with Gasteiger partial charge in [-0.2, -0.15) is 0 Å². The second kappa shape index (κ2) is 29.5. The molecule has 370 valence electrons. The number of methoxy groups -OCH3 is 5. The summed E-state index contributed by atoms with van der Waals surface area (Å²) < 4.78 is 25.4. The number of carbonyl (C=O) groups is 5. The highest BCUT2D eigenvalue weighted by Gasteiger charge is 2.08. The number of hydrogen-bond acceptors (Lipinski definition) is 10. The first-order valence-electron chi connectivity index (χ1n) is 21.8. The molecule has 0 saturated carbocycles. The molecule has 0 amide bonds. The maximum Gasteiger partial charge on any atom is 0.160 e. The van der Waals surface area contributed by atoms with Crippen LogP contribution in [0.1, 0.15) is 101 Å². The minimum atomic E-state index is 0. The molecule has 10 heteroatoms. The van der Waals surface area contributed by atoms with Crippen LogP contribution in [0.5, 0.6) is 28.7 Å². The van der Waals surface area contributed by atoms with E-state index in [1.165, 1.54) is 6.92 Å². The van der Waals surface area contributed by atoms with Crippen molar-refractivity contribution in [2.45, 2.75) is 49.5 Å². The molecule has 71 heavy (non-hydrogen) atoms. The molecular formula is C61H66O10. The van der Waals surface area contributed by atoms with Crippen LogP contribution in [-0.4, -0.2) is 64.5 Å². The number of ether oxygens (including phenoxy) is 5. The normalized spacial score (nSPS) is 9.61. The van der Waals surface area contributed by atoms with Gasteiger partial charge >= 0.3 is 0 Å². The van der Waals surface area contributed by atoms with Crippen molar-refractivity contribution in [1.82, 2.24) is 0 Å². The van der Waals surface area contributed by atoms with Crippen LogP contribution in [-0.2, 0) is 0 Å². The molecule has 8 aromatic carbocycles. The number of fused-ring (bicyclic) bond motifs is 2. The Balaban J connectivity index is 0.000000305. The van der Waals surface area contributed by atoms with Crippen molar-refractivity contribution in [3.63, 3.8) is 0 Å². The van der Waals surface area contributed by atoms with Gasteiger partial charge in [-0.15, -0.1) is 0 Å². The predicted octanol–water partition coefficient (Wildman–Crippen LogP) is 14.7. The highest BCUT2D eigenvalue weighted by molar-refractivity contribution is 6.08. The molecule has 0 aliphatic carbocycles. The first-order valence-corrected chi connectivity index (χ1v) is 21.8. The number of benzene rings is 8. The second-order valence-electron chi connectivity index (χ2n) is 15.3. The standard InChI is InChI=1S/C15H14O2.2C13H12O2.2C9H10O2.2CH4/c1-11(16)12-3-5-13(6-4-12)14-7-9-15(17-2)10-8-14;1-9(14)10-5-3-7-12-11(10)6-4-8-13(12)15-2;1-9(14)10-3-4-12-8-13(15-2)6-5-11(12)7-10;1-7(10)8-3-5-9(11-2)6-4-8;1-7(10)8-4-3-5-9(6-8)11-2;;/h3-10H,1-2H3;2*3-8H,1-2H3;2*3-6H,1-2H3;2*1H4. The van der Waals surface area contributed by atoms with E-state index in [4.69, 9.17) is 23.7 Å². The molecular weight excluding hydrogens is 893 g/mol. The van der Waals surface area contributed by atoms with Gasteiger partial charge in [0.1, 0.15) is 28.7 Å². The molecule has 0 heterocycles. The van der Waals surface area contributed by atoms with Gasteiger partial charge in [0.25, 0.3) is 0 Å². The first-order chi connectivity index (χ1) is 33.1. The summed E-state index contributed by atoms with van der Waals surface area (Å²) in [5.74, 6) is 4.36. The summed E-state index contributed by atoms with van der Waals surface area (Å²) in [4.78, 5) is 55.4. The first kappa shape index (κ1) is 58.8. The molecule has 8 aromatic rings. The monoisotopic (exact) mass is 958 g/mol. The second-order valence-corrected chi connectivity index (χ2v) is 15.3. The van der Waals surface area contributed by atoms with Gasteiger partial charge in [-0.3, -0.25) is 24.0 Å². The Hall–Kier alpha value is -8.37. The van der Waals surface area contributed by atoms with Crippen LogP contribution in [0, 0.1) is 0 Å². The molecule has 0 spiro atoms. The SMILES string of the molecule is C.C.COc1ccc(-c2ccc(C(C)=O)cc2)cc1.COc1ccc(C(C)=O)cc1.COc1ccc2cc(C(C)=O)ccc2c1.COc1cccc(C(C)=O)c1.COc1cccc2c(C(C)=O)cccc12. The number of Topliss-reactive ketones (excluding diaryl/α,β-unsaturated/α-hetero) is 5. The topological polar surface area (TPSA) is 132 Å². The van der Waals surface area contributed by atoms with E-state index in [1.807, 2.05) is 127 Å². The van der Waals surface area contributed by atoms with Gasteiger partial charge in [-0.1, -0.05) is 112 Å². The summed E-state index contributed by atoms with van der Waals surface area (Å²) in [7, 11) is 8.11. The number of ketones is 5. The van der Waals surface area contributed by atoms with Crippen LogP contribution < -0.4 is 23.7 Å². The molecule has 0 fully saturated rings. The molecule has 0 saturated heterocycles. The molecule has 0 unspecified atom stereocenters. The Morgan fingerprint density at radius 1 is 0.310 bits per heavy atom. The van der Waals surface area contributed by atoms with Crippen molar-refractivity contribution in [1.29, 1.82) is 0 Å². The van der Waals surface area contributed by atoms with Crippen LogP contribution in [0.15, 0.2) is 170 Å². The highest BCUT2D eigenvalue weighted by Crippen LogP contribution is 2.28. The van der Waals surface area contributed by atoms with Crippen molar-refractivity contribution >= 4 is 50.5 Å². The Kier molecular flexibility index (Phi) is 24.4. The van der Waals surface area contributed by atoms with Crippen molar-refractivity contribution in [3.05, 3.63) is 198 Å². The molecule has 0 aliphatic rings. The fourth-order valence-electron chi connectivity index (χ4n) is 6.68. The van der Waals surface area contributed by atoms with Crippen LogP contribution in [0.3, 0.4) is 0 Å². The Labute approximate surface area is 419 Å². The van der Waals surface area contributed by atoms with E-state index < -0.39 is 0 Å². The number of hydrogen-bond donors (Lipinski definition) is 0. The largest absolute Gasteiger partial charge is 0.497 e. The van der Waals surface area contributed by atoms with E-state index in [-0.39, 0.29) is 43.8 Å². The molecule has 8 rings (SSSR count). The predicted molar refractivity (Wildman–Crippen MR) is 289 cm³/mol. The maximum absolute atomic E-state index is 11.4. The van der Waals surface area contributed by atoms with Gasteiger partial charge in [0.2, 0.25) is 0 Å². The third kappa shape index (κ3) is 17.6. The summed E-state index contributed by atoms with van der Waals surface area (Å²) in [5, 5.41) is 4.07. The summed E-state index contributed by atoms with van der Waals surface area (Å²) in [6.07, 6.45) is 0. The fourth-order valence-corrected chi connectivity index (χ4v) is 6.68. The van der Waals surface area contributed by atoms with Crippen LogP contribution >= 0.6 is 0 Å². The molecule has 0 aliphatic heterocycles. The Bertz CT molecular complexity index is 2990. The smallest absolute Gasteiger partial charge is 0.160 e. The zero-order valence-electron chi connectivity index (χ0n) is 40.7. The van der Waals surface area contributed by atoms with E-state index >= 15 is 0 Å². The molecule has 0 bridgehead atoms. The lowest BCUT2D eigenvalue weighted by atomic mass is 10.0. The highest BCUT2D eigenvalue weighted by atomic mass is 16.5. The molecule has 0 aromatic heterocycles. The maximum atomic E-state index is 11.4. The molecule has 10 nitrogen and oxygen atoms in total. The summed E-state index contributed by atoms with van der Waals surface area (Å²) in [6, 6.07) is 52.5. The number of rotatable bonds is 11. The fraction of sp³-hybridized carbons (Fsp3) is 0.197. The van der Waals surface area contributed by atoms with Crippen LogP contribution in [0.4, 0.5) is 0 Å². The van der Waals surface area contributed by atoms with E-state index in [2.05, 4.69) is 0 Å². The van der Waals surface area contributed by atoms with E-state index in [1.54, 1.807) is 106 Å². The summed E-state index contributed by atoms with van der Waals surface area (Å²) >= 11 is 0. The number of carbonyl (C=O) groups excluding carboxylic acids is 5. The van der Waals surface area contributed by atoms with Crippen LogP contribution in [0.25, 0.3) is 32.7 Å². The van der Waals surface area contributed by atoms with Gasteiger partial charge in [-0.05, 0) is 135 Å². The summed E-state index contributed by atoms with van der Waals surface area (Å²) in [6.45, 7) is 7.80. The Morgan fingerprint density at radius 3 is 1.18 bits per heavy atom. The average Bonchev–Trinajstić information content (AvgIpc) is 3.38. The van der Waals surface area contributed by atoms with Crippen molar-refractivity contribution in [2.24, 2.45) is 0 Å². The quantitative estimate of drug-likeness (QED) is 0.115. The molecule has 0 N–H and O–H groups in total. The third-order valence-electron chi connectivity index (χ3n) is 10.6.